The van der Waals surface area contributed by atoms with Gasteiger partial charge in [-0.2, -0.15) is 0 Å². The van der Waals surface area contributed by atoms with E-state index >= 15 is 0 Å². The van der Waals surface area contributed by atoms with Gasteiger partial charge in [-0.1, -0.05) is 6.08 Å². The highest BCUT2D eigenvalue weighted by Gasteiger charge is 1.90. The molecule has 0 atom stereocenters. The molecule has 0 aromatic rings. The summed E-state index contributed by atoms with van der Waals surface area (Å²) in [6.07, 6.45) is 7.10. The molecule has 4 nitrogen and oxygen atoms in total. The zero-order valence-corrected chi connectivity index (χ0v) is 9.10. The maximum absolute atomic E-state index is 10.4. The summed E-state index contributed by atoms with van der Waals surface area (Å²) in [7, 11) is 0. The van der Waals surface area contributed by atoms with Crippen molar-refractivity contribution >= 4 is 12.0 Å². The number of rotatable bonds is 5. The second-order valence-electron chi connectivity index (χ2n) is 2.86. The molecular formula is C11H17N3O. The van der Waals surface area contributed by atoms with Crippen LogP contribution in [-0.2, 0) is 4.79 Å². The molecule has 0 aromatic carbocycles. The molecule has 0 heterocycles. The van der Waals surface area contributed by atoms with Crippen LogP contribution >= 0.6 is 0 Å². The molecule has 0 spiro atoms. The Bertz CT molecular complexity index is 325. The summed E-state index contributed by atoms with van der Waals surface area (Å²) >= 11 is 0. The third-order valence-electron chi connectivity index (χ3n) is 1.71. The Labute approximate surface area is 90.1 Å². The summed E-state index contributed by atoms with van der Waals surface area (Å²) in [5, 5.41) is 0. The average molecular weight is 207 g/mol. The van der Waals surface area contributed by atoms with Crippen molar-refractivity contribution in [3.63, 3.8) is 0 Å². The van der Waals surface area contributed by atoms with Crippen molar-refractivity contribution in [3.8, 4) is 0 Å². The van der Waals surface area contributed by atoms with Crippen molar-refractivity contribution < 1.29 is 4.79 Å². The van der Waals surface area contributed by atoms with Crippen LogP contribution < -0.4 is 11.5 Å². The van der Waals surface area contributed by atoms with Gasteiger partial charge in [0.25, 0.3) is 0 Å². The fourth-order valence-electron chi connectivity index (χ4n) is 0.843. The zero-order valence-electron chi connectivity index (χ0n) is 9.10. The summed E-state index contributed by atoms with van der Waals surface area (Å²) in [6, 6.07) is 0. The number of carbonyl (C=O) groups excluding carboxylic acids is 1. The molecule has 15 heavy (non-hydrogen) atoms. The van der Waals surface area contributed by atoms with E-state index in [1.807, 2.05) is 19.9 Å². The normalized spacial score (nSPS) is 14.7. The largest absolute Gasteiger partial charge is 0.404 e. The lowest BCUT2D eigenvalue weighted by atomic mass is 10.2. The monoisotopic (exact) mass is 207 g/mol. The standard InChI is InChI=1S/C11H17N3O/c1-3-11(7-13)14-9(2)4-5-10(6-12)8-15/h3-6,8H,7,12-13H2,1-2H3/b5-4-,10-6+,11-3-,14-9+. The molecule has 0 saturated carbocycles. The Balaban J connectivity index is 4.61. The molecule has 0 aromatic heterocycles. The molecule has 0 radical (unpaired) electrons. The summed E-state index contributed by atoms with van der Waals surface area (Å²) in [5.41, 5.74) is 12.7. The van der Waals surface area contributed by atoms with Gasteiger partial charge in [-0.05, 0) is 26.0 Å². The average Bonchev–Trinajstić information content (AvgIpc) is 2.27. The fraction of sp³-hybridized carbons (Fsp3) is 0.273. The molecule has 0 rings (SSSR count). The molecule has 0 aliphatic rings. The van der Waals surface area contributed by atoms with E-state index in [-0.39, 0.29) is 0 Å². The topological polar surface area (TPSA) is 81.5 Å². The number of aliphatic imine (C=N–C) groups is 1. The fourth-order valence-corrected chi connectivity index (χ4v) is 0.843. The van der Waals surface area contributed by atoms with Crippen LogP contribution in [0.5, 0.6) is 0 Å². The van der Waals surface area contributed by atoms with Crippen LogP contribution in [0.4, 0.5) is 0 Å². The third kappa shape index (κ3) is 5.59. The molecule has 0 amide bonds. The quantitative estimate of drug-likeness (QED) is 0.304. The van der Waals surface area contributed by atoms with Gasteiger partial charge in [-0.3, -0.25) is 9.79 Å². The van der Waals surface area contributed by atoms with Crippen LogP contribution in [-0.4, -0.2) is 18.5 Å². The molecule has 0 bridgehead atoms. The number of hydrogen-bond acceptors (Lipinski definition) is 4. The van der Waals surface area contributed by atoms with Crippen LogP contribution in [0, 0.1) is 0 Å². The highest BCUT2D eigenvalue weighted by molar-refractivity contribution is 5.95. The Morgan fingerprint density at radius 1 is 1.40 bits per heavy atom. The Kier molecular flexibility index (Phi) is 6.84. The van der Waals surface area contributed by atoms with Crippen molar-refractivity contribution in [2.75, 3.05) is 6.54 Å². The van der Waals surface area contributed by atoms with Crippen LogP contribution in [0.1, 0.15) is 13.8 Å². The van der Waals surface area contributed by atoms with E-state index in [2.05, 4.69) is 4.99 Å². The van der Waals surface area contributed by atoms with Gasteiger partial charge in [0.05, 0.1) is 0 Å². The third-order valence-corrected chi connectivity index (χ3v) is 1.71. The molecule has 0 unspecified atom stereocenters. The van der Waals surface area contributed by atoms with Crippen LogP contribution in [0.25, 0.3) is 0 Å². The van der Waals surface area contributed by atoms with Gasteiger partial charge in [-0.15, -0.1) is 0 Å². The predicted octanol–water partition coefficient (Wildman–Crippen LogP) is 0.908. The number of aldehydes is 1. The van der Waals surface area contributed by atoms with E-state index in [1.54, 1.807) is 12.2 Å². The van der Waals surface area contributed by atoms with Crippen LogP contribution in [0.15, 0.2) is 40.7 Å². The first kappa shape index (κ1) is 13.3. The minimum Gasteiger partial charge on any atom is -0.404 e. The number of hydrogen-bond donors (Lipinski definition) is 2. The first-order valence-electron chi connectivity index (χ1n) is 4.63. The minimum absolute atomic E-state index is 0.398. The Hall–Kier alpha value is -1.68. The first-order valence-corrected chi connectivity index (χ1v) is 4.63. The van der Waals surface area contributed by atoms with Crippen molar-refractivity contribution in [3.05, 3.63) is 35.7 Å². The van der Waals surface area contributed by atoms with Gasteiger partial charge in [0.15, 0.2) is 6.29 Å². The summed E-state index contributed by atoms with van der Waals surface area (Å²) in [6.45, 7) is 4.10. The maximum atomic E-state index is 10.4. The van der Waals surface area contributed by atoms with Gasteiger partial charge in [0.1, 0.15) is 0 Å². The Morgan fingerprint density at radius 2 is 2.07 bits per heavy atom. The van der Waals surface area contributed by atoms with Crippen LogP contribution in [0.2, 0.25) is 0 Å². The van der Waals surface area contributed by atoms with Crippen molar-refractivity contribution in [2.45, 2.75) is 13.8 Å². The lowest BCUT2D eigenvalue weighted by Crippen LogP contribution is -2.02. The summed E-state index contributed by atoms with van der Waals surface area (Å²) < 4.78 is 0. The zero-order chi connectivity index (χ0) is 11.7. The molecule has 0 saturated heterocycles. The van der Waals surface area contributed by atoms with Gasteiger partial charge in [-0.25, -0.2) is 0 Å². The number of allylic oxidation sites excluding steroid dienone is 4. The molecule has 0 fully saturated rings. The summed E-state index contributed by atoms with van der Waals surface area (Å²) in [5.74, 6) is 0. The number of carbonyl (C=O) groups is 1. The Morgan fingerprint density at radius 3 is 2.47 bits per heavy atom. The minimum atomic E-state index is 0.398. The van der Waals surface area contributed by atoms with Crippen molar-refractivity contribution in [1.29, 1.82) is 0 Å². The van der Waals surface area contributed by atoms with E-state index in [1.165, 1.54) is 6.20 Å². The molecule has 4 heteroatoms. The van der Waals surface area contributed by atoms with Crippen molar-refractivity contribution in [2.24, 2.45) is 16.5 Å². The van der Waals surface area contributed by atoms with Crippen molar-refractivity contribution in [1.82, 2.24) is 0 Å². The van der Waals surface area contributed by atoms with E-state index < -0.39 is 0 Å². The number of nitrogens with zero attached hydrogens (tertiary/aromatic N) is 1. The van der Waals surface area contributed by atoms with Crippen LogP contribution in [0.3, 0.4) is 0 Å². The lowest BCUT2D eigenvalue weighted by Gasteiger charge is -1.96. The van der Waals surface area contributed by atoms with Gasteiger partial charge in [0, 0.05) is 29.7 Å². The second kappa shape index (κ2) is 7.70. The molecule has 0 aliphatic heterocycles. The first-order chi connectivity index (χ1) is 7.17. The highest BCUT2D eigenvalue weighted by Crippen LogP contribution is 1.97. The van der Waals surface area contributed by atoms with Gasteiger partial charge < -0.3 is 11.5 Å². The predicted molar refractivity (Wildman–Crippen MR) is 63.4 cm³/mol. The molecule has 82 valence electrons. The van der Waals surface area contributed by atoms with E-state index in [4.69, 9.17) is 11.5 Å². The van der Waals surface area contributed by atoms with Gasteiger partial charge in [0.2, 0.25) is 0 Å². The molecule has 0 aliphatic carbocycles. The number of nitrogens with two attached hydrogens (primary N) is 2. The smallest absolute Gasteiger partial charge is 0.151 e. The molecule has 4 N–H and O–H groups in total. The highest BCUT2D eigenvalue weighted by atomic mass is 16.1. The van der Waals surface area contributed by atoms with Gasteiger partial charge >= 0.3 is 0 Å². The lowest BCUT2D eigenvalue weighted by molar-refractivity contribution is -0.104. The van der Waals surface area contributed by atoms with E-state index in [9.17, 15) is 4.79 Å². The maximum Gasteiger partial charge on any atom is 0.151 e. The molecular weight excluding hydrogens is 190 g/mol. The van der Waals surface area contributed by atoms with E-state index in [0.717, 1.165) is 11.4 Å². The van der Waals surface area contributed by atoms with E-state index in [0.29, 0.717) is 18.4 Å². The SMILES string of the molecule is C\C=C(CN)/N=C(C)/C=C\C(C=O)=C/N. The summed E-state index contributed by atoms with van der Waals surface area (Å²) in [4.78, 5) is 14.6. The second-order valence-corrected chi connectivity index (χ2v) is 2.86.